The van der Waals surface area contributed by atoms with Crippen LogP contribution in [-0.2, 0) is 6.54 Å². The molecule has 3 nitrogen and oxygen atoms in total. The number of piperazine rings is 1. The first kappa shape index (κ1) is 13.5. The van der Waals surface area contributed by atoms with Crippen molar-refractivity contribution in [2.75, 3.05) is 26.2 Å². The van der Waals surface area contributed by atoms with Crippen LogP contribution in [0.4, 0.5) is 0 Å². The fourth-order valence-electron chi connectivity index (χ4n) is 2.46. The second-order valence-electron chi connectivity index (χ2n) is 4.83. The molecule has 2 rings (SSSR count). The largest absolute Gasteiger partial charge is 0.296 e. The molecule has 0 aliphatic carbocycles. The van der Waals surface area contributed by atoms with E-state index in [9.17, 15) is 5.26 Å². The van der Waals surface area contributed by atoms with Gasteiger partial charge in [0.25, 0.3) is 0 Å². The van der Waals surface area contributed by atoms with E-state index < -0.39 is 0 Å². The molecule has 0 spiro atoms. The summed E-state index contributed by atoms with van der Waals surface area (Å²) in [6.07, 6.45) is 2.09. The predicted octanol–water partition coefficient (Wildman–Crippen LogP) is 2.56. The van der Waals surface area contributed by atoms with Gasteiger partial charge in [0.1, 0.15) is 0 Å². The molecule has 1 unspecified atom stereocenters. The molecule has 98 valence electrons. The molecule has 0 saturated carbocycles. The Morgan fingerprint density at radius 1 is 1.39 bits per heavy atom. The maximum Gasteiger partial charge on any atom is 0.0978 e. The van der Waals surface area contributed by atoms with Crippen LogP contribution in [0.2, 0.25) is 0 Å². The van der Waals surface area contributed by atoms with Gasteiger partial charge in [-0.25, -0.2) is 0 Å². The van der Waals surface area contributed by atoms with E-state index in [4.69, 9.17) is 0 Å². The minimum Gasteiger partial charge on any atom is -0.296 e. The summed E-state index contributed by atoms with van der Waals surface area (Å²) in [5, 5.41) is 11.3. The normalized spacial score (nSPS) is 19.6. The van der Waals surface area contributed by atoms with Crippen LogP contribution in [0.3, 0.4) is 0 Å². The summed E-state index contributed by atoms with van der Waals surface area (Å²) < 4.78 is 0. The number of nitriles is 1. The lowest BCUT2D eigenvalue weighted by atomic mass is 10.1. The van der Waals surface area contributed by atoms with Crippen molar-refractivity contribution in [3.05, 3.63) is 22.4 Å². The zero-order chi connectivity index (χ0) is 12.8. The molecule has 1 aromatic rings. The topological polar surface area (TPSA) is 30.3 Å². The van der Waals surface area contributed by atoms with Crippen LogP contribution in [0.5, 0.6) is 0 Å². The maximum atomic E-state index is 9.18. The molecule has 1 aliphatic rings. The Balaban J connectivity index is 1.79. The van der Waals surface area contributed by atoms with Crippen molar-refractivity contribution in [1.82, 2.24) is 9.80 Å². The molecule has 1 saturated heterocycles. The lowest BCUT2D eigenvalue weighted by Crippen LogP contribution is -2.49. The lowest BCUT2D eigenvalue weighted by Gasteiger charge is -2.36. The molecule has 1 aliphatic heterocycles. The first-order chi connectivity index (χ1) is 8.83. The van der Waals surface area contributed by atoms with E-state index in [0.717, 1.165) is 45.6 Å². The summed E-state index contributed by atoms with van der Waals surface area (Å²) in [5.74, 6) is 0. The highest BCUT2D eigenvalue weighted by Crippen LogP contribution is 2.15. The first-order valence-electron chi connectivity index (χ1n) is 6.72. The Hall–Kier alpha value is -0.890. The van der Waals surface area contributed by atoms with Crippen molar-refractivity contribution in [3.63, 3.8) is 0 Å². The van der Waals surface area contributed by atoms with Gasteiger partial charge in [-0.3, -0.25) is 9.80 Å². The number of thiophene rings is 1. The molecule has 1 aromatic heterocycles. The monoisotopic (exact) mass is 263 g/mol. The number of hydrogen-bond donors (Lipinski definition) is 0. The highest BCUT2D eigenvalue weighted by molar-refractivity contribution is 7.09. The van der Waals surface area contributed by atoms with Gasteiger partial charge in [0.15, 0.2) is 0 Å². The molecule has 0 radical (unpaired) electrons. The second-order valence-corrected chi connectivity index (χ2v) is 5.86. The SMILES string of the molecule is CCCC(C#N)N1CCN(Cc2cccs2)CC1. The third kappa shape index (κ3) is 3.55. The lowest BCUT2D eigenvalue weighted by molar-refractivity contribution is 0.107. The Bertz CT molecular complexity index is 374. The van der Waals surface area contributed by atoms with Gasteiger partial charge in [-0.05, 0) is 17.9 Å². The van der Waals surface area contributed by atoms with Crippen LogP contribution in [0.1, 0.15) is 24.6 Å². The van der Waals surface area contributed by atoms with E-state index in [1.54, 1.807) is 0 Å². The van der Waals surface area contributed by atoms with E-state index in [2.05, 4.69) is 40.3 Å². The van der Waals surface area contributed by atoms with Crippen LogP contribution in [0.25, 0.3) is 0 Å². The minimum atomic E-state index is 0.124. The van der Waals surface area contributed by atoms with E-state index in [0.29, 0.717) is 0 Å². The molecule has 4 heteroatoms. The van der Waals surface area contributed by atoms with Crippen LogP contribution in [0, 0.1) is 11.3 Å². The third-order valence-corrected chi connectivity index (χ3v) is 4.38. The summed E-state index contributed by atoms with van der Waals surface area (Å²) in [6, 6.07) is 6.88. The molecule has 1 atom stereocenters. The zero-order valence-electron chi connectivity index (χ0n) is 11.0. The van der Waals surface area contributed by atoms with Gasteiger partial charge in [0.05, 0.1) is 12.1 Å². The van der Waals surface area contributed by atoms with Crippen LogP contribution in [-0.4, -0.2) is 42.0 Å². The van der Waals surface area contributed by atoms with Gasteiger partial charge in [-0.15, -0.1) is 11.3 Å². The van der Waals surface area contributed by atoms with Crippen molar-refractivity contribution in [2.45, 2.75) is 32.4 Å². The molecule has 18 heavy (non-hydrogen) atoms. The fraction of sp³-hybridized carbons (Fsp3) is 0.643. The van der Waals surface area contributed by atoms with Gasteiger partial charge in [0, 0.05) is 37.6 Å². The average molecular weight is 263 g/mol. The molecule has 0 bridgehead atoms. The van der Waals surface area contributed by atoms with Crippen molar-refractivity contribution in [1.29, 1.82) is 5.26 Å². The first-order valence-corrected chi connectivity index (χ1v) is 7.60. The van der Waals surface area contributed by atoms with Crippen LogP contribution < -0.4 is 0 Å². The molecule has 0 amide bonds. The van der Waals surface area contributed by atoms with Gasteiger partial charge in [-0.1, -0.05) is 19.4 Å². The van der Waals surface area contributed by atoms with Gasteiger partial charge >= 0.3 is 0 Å². The number of hydrogen-bond acceptors (Lipinski definition) is 4. The smallest absolute Gasteiger partial charge is 0.0978 e. The summed E-state index contributed by atoms with van der Waals surface area (Å²) in [6.45, 7) is 7.45. The van der Waals surface area contributed by atoms with Gasteiger partial charge in [0.2, 0.25) is 0 Å². The molecular formula is C14H21N3S. The maximum absolute atomic E-state index is 9.18. The summed E-state index contributed by atoms with van der Waals surface area (Å²) in [5.41, 5.74) is 0. The number of nitrogens with zero attached hydrogens (tertiary/aromatic N) is 3. The molecule has 0 aromatic carbocycles. The Morgan fingerprint density at radius 2 is 2.17 bits per heavy atom. The average Bonchev–Trinajstić information content (AvgIpc) is 2.90. The fourth-order valence-corrected chi connectivity index (χ4v) is 3.20. The van der Waals surface area contributed by atoms with Crippen LogP contribution in [0.15, 0.2) is 17.5 Å². The van der Waals surface area contributed by atoms with Crippen molar-refractivity contribution in [2.24, 2.45) is 0 Å². The van der Waals surface area contributed by atoms with E-state index >= 15 is 0 Å². The number of rotatable bonds is 5. The van der Waals surface area contributed by atoms with E-state index in [-0.39, 0.29) is 6.04 Å². The highest BCUT2D eigenvalue weighted by atomic mass is 32.1. The Kier molecular flexibility index (Phi) is 5.18. The van der Waals surface area contributed by atoms with Gasteiger partial charge < -0.3 is 0 Å². The summed E-state index contributed by atoms with van der Waals surface area (Å²) in [7, 11) is 0. The third-order valence-electron chi connectivity index (χ3n) is 3.52. The summed E-state index contributed by atoms with van der Waals surface area (Å²) >= 11 is 1.83. The zero-order valence-corrected chi connectivity index (χ0v) is 11.8. The summed E-state index contributed by atoms with van der Waals surface area (Å²) in [4.78, 5) is 6.27. The standard InChI is InChI=1S/C14H21N3S/c1-2-4-13(11-15)17-8-6-16(7-9-17)12-14-5-3-10-18-14/h3,5,10,13H,2,4,6-9,12H2,1H3. The van der Waals surface area contributed by atoms with Crippen molar-refractivity contribution in [3.8, 4) is 6.07 Å². The minimum absolute atomic E-state index is 0.124. The Labute approximate surface area is 114 Å². The quantitative estimate of drug-likeness (QED) is 0.818. The predicted molar refractivity (Wildman–Crippen MR) is 75.5 cm³/mol. The Morgan fingerprint density at radius 3 is 2.72 bits per heavy atom. The van der Waals surface area contributed by atoms with E-state index in [1.807, 2.05) is 11.3 Å². The molecule has 2 heterocycles. The van der Waals surface area contributed by atoms with Gasteiger partial charge in [-0.2, -0.15) is 5.26 Å². The van der Waals surface area contributed by atoms with Crippen molar-refractivity contribution >= 4 is 11.3 Å². The van der Waals surface area contributed by atoms with Crippen molar-refractivity contribution < 1.29 is 0 Å². The van der Waals surface area contributed by atoms with Crippen LogP contribution >= 0.6 is 11.3 Å². The molecule has 1 fully saturated rings. The molecular weight excluding hydrogens is 242 g/mol. The molecule has 0 N–H and O–H groups in total. The van der Waals surface area contributed by atoms with E-state index in [1.165, 1.54) is 4.88 Å². The highest BCUT2D eigenvalue weighted by Gasteiger charge is 2.22. The second kappa shape index (κ2) is 6.89.